The summed E-state index contributed by atoms with van der Waals surface area (Å²) in [6.07, 6.45) is -1.90. The fourth-order valence-electron chi connectivity index (χ4n) is 1.01. The zero-order chi connectivity index (χ0) is 15.1. The Hall–Kier alpha value is -1.88. The highest BCUT2D eigenvalue weighted by molar-refractivity contribution is 7.88. The Labute approximate surface area is 109 Å². The van der Waals surface area contributed by atoms with Crippen molar-refractivity contribution in [2.75, 3.05) is 6.61 Å². The van der Waals surface area contributed by atoms with E-state index in [-0.39, 0.29) is 19.4 Å². The van der Waals surface area contributed by atoms with Crippen LogP contribution in [-0.2, 0) is 24.5 Å². The molecule has 0 rings (SSSR count). The molecule has 0 aromatic carbocycles. The molecule has 0 fully saturated rings. The predicted molar refractivity (Wildman–Crippen MR) is 62.1 cm³/mol. The van der Waals surface area contributed by atoms with Crippen LogP contribution in [0.4, 0.5) is 4.79 Å². The van der Waals surface area contributed by atoms with Gasteiger partial charge in [0, 0.05) is 6.42 Å². The first-order valence-electron chi connectivity index (χ1n) is 5.16. The monoisotopic (exact) mass is 297 g/mol. The Kier molecular flexibility index (Phi) is 6.79. The zero-order valence-electron chi connectivity index (χ0n) is 10.1. The first kappa shape index (κ1) is 17.1. The molecule has 10 nitrogen and oxygen atoms in total. The number of hydrogen-bond donors (Lipinski definition) is 4. The molecule has 0 bridgehead atoms. The van der Waals surface area contributed by atoms with Crippen LogP contribution in [0, 0.1) is 0 Å². The molecule has 0 aromatic rings. The van der Waals surface area contributed by atoms with Gasteiger partial charge in [0.25, 0.3) is 0 Å². The molecule has 2 amide bonds. The quantitative estimate of drug-likeness (QED) is 0.414. The van der Waals surface area contributed by atoms with Gasteiger partial charge in [0.1, 0.15) is 6.04 Å². The molecule has 0 heterocycles. The summed E-state index contributed by atoms with van der Waals surface area (Å²) in [5, 5.41) is 8.76. The summed E-state index contributed by atoms with van der Waals surface area (Å²) >= 11 is 0. The predicted octanol–water partition coefficient (Wildman–Crippen LogP) is -1.71. The van der Waals surface area contributed by atoms with Gasteiger partial charge in [0.15, 0.2) is 0 Å². The van der Waals surface area contributed by atoms with E-state index in [0.29, 0.717) is 0 Å². The van der Waals surface area contributed by atoms with E-state index in [0.717, 1.165) is 0 Å². The van der Waals surface area contributed by atoms with Crippen molar-refractivity contribution in [3.63, 3.8) is 0 Å². The van der Waals surface area contributed by atoms with Gasteiger partial charge in [-0.15, -0.1) is 0 Å². The largest absolute Gasteiger partial charge is 0.480 e. The molecule has 0 saturated carbocycles. The van der Waals surface area contributed by atoms with Crippen LogP contribution in [0.1, 0.15) is 19.8 Å². The van der Waals surface area contributed by atoms with Gasteiger partial charge in [0.05, 0.1) is 6.61 Å². The maximum absolute atomic E-state index is 11.4. The molecule has 0 saturated heterocycles. The molecule has 110 valence electrons. The minimum Gasteiger partial charge on any atom is -0.480 e. The number of nitrogens with one attached hydrogen (secondary N) is 2. The second kappa shape index (κ2) is 7.53. The van der Waals surface area contributed by atoms with Crippen LogP contribution in [0.25, 0.3) is 0 Å². The van der Waals surface area contributed by atoms with Crippen molar-refractivity contribution < 1.29 is 32.6 Å². The third-order valence-corrected chi connectivity index (χ3v) is 2.80. The van der Waals surface area contributed by atoms with Gasteiger partial charge in [-0.3, -0.25) is 9.59 Å². The lowest BCUT2D eigenvalue weighted by Crippen LogP contribution is -2.48. The molecule has 0 aromatic heterocycles. The van der Waals surface area contributed by atoms with Crippen LogP contribution in [0.5, 0.6) is 0 Å². The van der Waals surface area contributed by atoms with Gasteiger partial charge in [-0.2, -0.15) is 13.1 Å². The maximum atomic E-state index is 11.4. The number of carbonyl (C=O) groups is 3. The van der Waals surface area contributed by atoms with Crippen LogP contribution >= 0.6 is 0 Å². The normalized spacial score (nSPS) is 12.5. The summed E-state index contributed by atoms with van der Waals surface area (Å²) in [5.74, 6) is -2.28. The van der Waals surface area contributed by atoms with Crippen molar-refractivity contribution in [3.05, 3.63) is 0 Å². The van der Waals surface area contributed by atoms with Crippen LogP contribution in [0.15, 0.2) is 0 Å². The van der Waals surface area contributed by atoms with Crippen LogP contribution in [-0.4, -0.2) is 44.1 Å². The molecule has 11 heteroatoms. The molecule has 19 heavy (non-hydrogen) atoms. The van der Waals surface area contributed by atoms with Gasteiger partial charge in [0.2, 0.25) is 5.91 Å². The van der Waals surface area contributed by atoms with Gasteiger partial charge >= 0.3 is 22.3 Å². The second-order valence-electron chi connectivity index (χ2n) is 3.34. The number of primary amides is 1. The summed E-state index contributed by atoms with van der Waals surface area (Å²) in [5.41, 5.74) is 4.83. The molecule has 0 spiro atoms. The highest BCUT2D eigenvalue weighted by atomic mass is 32.2. The van der Waals surface area contributed by atoms with Crippen molar-refractivity contribution in [2.24, 2.45) is 5.73 Å². The summed E-state index contributed by atoms with van der Waals surface area (Å²) in [7, 11) is -4.40. The lowest BCUT2D eigenvalue weighted by Gasteiger charge is -2.14. The molecule has 5 N–H and O–H groups in total. The molecule has 0 aliphatic heterocycles. The number of amides is 2. The lowest BCUT2D eigenvalue weighted by atomic mass is 10.2. The van der Waals surface area contributed by atoms with Crippen molar-refractivity contribution in [1.29, 1.82) is 0 Å². The number of aliphatic carboxylic acids is 1. The molecule has 0 aliphatic carbocycles. The summed E-state index contributed by atoms with van der Waals surface area (Å²) < 4.78 is 30.2. The fourth-order valence-corrected chi connectivity index (χ4v) is 1.94. The van der Waals surface area contributed by atoms with Crippen molar-refractivity contribution >= 4 is 28.2 Å². The number of nitrogens with two attached hydrogens (primary N) is 1. The Balaban J connectivity index is 4.60. The van der Waals surface area contributed by atoms with E-state index < -0.39 is 34.2 Å². The van der Waals surface area contributed by atoms with Crippen LogP contribution in [0.3, 0.4) is 0 Å². The topological polar surface area (TPSA) is 165 Å². The average molecular weight is 297 g/mol. The van der Waals surface area contributed by atoms with Crippen molar-refractivity contribution in [2.45, 2.75) is 25.8 Å². The number of carbonyl (C=O) groups excluding carboxylic acids is 2. The highest BCUT2D eigenvalue weighted by Gasteiger charge is 2.25. The fraction of sp³-hybridized carbons (Fsp3) is 0.625. The molecule has 0 radical (unpaired) electrons. The molecule has 1 atom stereocenters. The Morgan fingerprint density at radius 1 is 1.37 bits per heavy atom. The third kappa shape index (κ3) is 7.94. The zero-order valence-corrected chi connectivity index (χ0v) is 10.9. The maximum Gasteiger partial charge on any atom is 0.421 e. The Morgan fingerprint density at radius 3 is 2.37 bits per heavy atom. The number of ether oxygens (including phenoxy) is 1. The first-order chi connectivity index (χ1) is 8.68. The Bertz CT molecular complexity index is 447. The van der Waals surface area contributed by atoms with Crippen LogP contribution in [0.2, 0.25) is 0 Å². The third-order valence-electron chi connectivity index (χ3n) is 1.77. The number of carboxylic acid groups (broad SMARTS) is 1. The van der Waals surface area contributed by atoms with Gasteiger partial charge in [-0.1, -0.05) is 0 Å². The van der Waals surface area contributed by atoms with Gasteiger partial charge in [-0.05, 0) is 13.3 Å². The number of rotatable bonds is 8. The first-order valence-corrected chi connectivity index (χ1v) is 6.64. The number of hydrogen-bond acceptors (Lipinski definition) is 6. The van der Waals surface area contributed by atoms with Gasteiger partial charge in [-0.25, -0.2) is 9.52 Å². The number of carboxylic acids is 1. The Morgan fingerprint density at radius 2 is 1.95 bits per heavy atom. The van der Waals surface area contributed by atoms with E-state index in [4.69, 9.17) is 10.8 Å². The van der Waals surface area contributed by atoms with E-state index >= 15 is 0 Å². The van der Waals surface area contributed by atoms with Crippen molar-refractivity contribution in [1.82, 2.24) is 9.44 Å². The molecule has 1 unspecified atom stereocenters. The van der Waals surface area contributed by atoms with Crippen LogP contribution < -0.4 is 15.2 Å². The summed E-state index contributed by atoms with van der Waals surface area (Å²) in [4.78, 5) is 32.2. The summed E-state index contributed by atoms with van der Waals surface area (Å²) in [6.45, 7) is 1.41. The molecule has 0 aliphatic rings. The second-order valence-corrected chi connectivity index (χ2v) is 4.79. The smallest absolute Gasteiger partial charge is 0.421 e. The summed E-state index contributed by atoms with van der Waals surface area (Å²) in [6, 6.07) is -1.58. The average Bonchev–Trinajstić information content (AvgIpc) is 2.22. The van der Waals surface area contributed by atoms with Gasteiger partial charge < -0.3 is 15.6 Å². The van der Waals surface area contributed by atoms with E-state index in [9.17, 15) is 22.8 Å². The van der Waals surface area contributed by atoms with E-state index in [1.807, 2.05) is 0 Å². The molecular weight excluding hydrogens is 282 g/mol. The minimum atomic E-state index is -4.40. The minimum absolute atomic E-state index is 0.0502. The highest BCUT2D eigenvalue weighted by Crippen LogP contribution is 1.99. The standard InChI is InChI=1S/C8H15N3O7S/c1-2-18-8(15)11-19(16,17)10-5(7(13)14)3-4-6(9)12/h5,10H,2-4H2,1H3,(H2,9,12)(H,11,15)(H,13,14). The molecular formula is C8H15N3O7S. The van der Waals surface area contributed by atoms with E-state index in [2.05, 4.69) is 4.74 Å². The lowest BCUT2D eigenvalue weighted by molar-refractivity contribution is -0.139. The van der Waals surface area contributed by atoms with E-state index in [1.165, 1.54) is 11.6 Å². The van der Waals surface area contributed by atoms with Crippen molar-refractivity contribution in [3.8, 4) is 0 Å². The van der Waals surface area contributed by atoms with E-state index in [1.54, 1.807) is 4.72 Å². The SMILES string of the molecule is CCOC(=O)NS(=O)(=O)NC(CCC(N)=O)C(=O)O.